The molecule has 0 aliphatic heterocycles. The maximum atomic E-state index is 12.0. The highest BCUT2D eigenvalue weighted by molar-refractivity contribution is 7.80. The van der Waals surface area contributed by atoms with Crippen LogP contribution in [0.1, 0.15) is 18.1 Å². The summed E-state index contributed by atoms with van der Waals surface area (Å²) in [7, 11) is 0. The minimum Gasteiger partial charge on any atom is -0.490 e. The summed E-state index contributed by atoms with van der Waals surface area (Å²) in [5, 5.41) is 6.83. The molecule has 2 aromatic carbocycles. The first kappa shape index (κ1) is 21.2. The molecular weight excluding hydrogens is 376 g/mol. The molecule has 2 aromatic rings. The summed E-state index contributed by atoms with van der Waals surface area (Å²) in [4.78, 5) is 12.0. The van der Waals surface area contributed by atoms with Crippen LogP contribution in [0, 0.1) is 0 Å². The van der Waals surface area contributed by atoms with Gasteiger partial charge in [0.1, 0.15) is 0 Å². The summed E-state index contributed by atoms with van der Waals surface area (Å²) in [6, 6.07) is 15.2. The second-order valence-corrected chi connectivity index (χ2v) is 6.19. The Morgan fingerprint density at radius 2 is 1.96 bits per heavy atom. The number of nitrogens with one attached hydrogen (secondary N) is 2. The highest BCUT2D eigenvalue weighted by Gasteiger charge is 2.09. The molecule has 0 bridgehead atoms. The van der Waals surface area contributed by atoms with E-state index < -0.39 is 0 Å². The molecule has 0 aromatic heterocycles. The largest absolute Gasteiger partial charge is 0.490 e. The molecule has 0 aliphatic carbocycles. The summed E-state index contributed by atoms with van der Waals surface area (Å²) >= 11 is 4.69. The molecule has 4 N–H and O–H groups in total. The first-order chi connectivity index (χ1) is 13.6. The van der Waals surface area contributed by atoms with Crippen LogP contribution < -0.4 is 25.9 Å². The van der Waals surface area contributed by atoms with Gasteiger partial charge in [-0.05, 0) is 54.9 Å². The number of nitrogens with two attached hydrogens (primary N) is 1. The van der Waals surface area contributed by atoms with Crippen LogP contribution in [0.15, 0.2) is 53.6 Å². The number of carbonyl (C=O) groups is 1. The molecule has 0 spiro atoms. The topological polar surface area (TPSA) is 98.0 Å². The van der Waals surface area contributed by atoms with Gasteiger partial charge in [0.05, 0.1) is 12.8 Å². The quantitative estimate of drug-likeness (QED) is 0.321. The van der Waals surface area contributed by atoms with Crippen molar-refractivity contribution >= 4 is 29.5 Å². The molecule has 2 rings (SSSR count). The van der Waals surface area contributed by atoms with Gasteiger partial charge in [-0.2, -0.15) is 5.10 Å². The second kappa shape index (κ2) is 11.6. The van der Waals surface area contributed by atoms with Crippen molar-refractivity contribution < 1.29 is 14.3 Å². The number of benzene rings is 2. The molecule has 1 amide bonds. The van der Waals surface area contributed by atoms with Crippen LogP contribution in [-0.2, 0) is 11.2 Å². The number of nitrogens with zero attached hydrogens (tertiary/aromatic N) is 1. The van der Waals surface area contributed by atoms with Crippen LogP contribution in [0.25, 0.3) is 0 Å². The average Bonchev–Trinajstić information content (AvgIpc) is 2.68. The third kappa shape index (κ3) is 7.63. The summed E-state index contributed by atoms with van der Waals surface area (Å²) in [6.45, 7) is 2.79. The Balaban J connectivity index is 1.86. The van der Waals surface area contributed by atoms with Crippen LogP contribution in [0.4, 0.5) is 0 Å². The average molecular weight is 401 g/mol. The zero-order valence-corrected chi connectivity index (χ0v) is 16.5. The smallest absolute Gasteiger partial charge is 0.257 e. The van der Waals surface area contributed by atoms with Crippen LogP contribution in [0.3, 0.4) is 0 Å². The summed E-state index contributed by atoms with van der Waals surface area (Å²) in [6.07, 6.45) is 2.33. The lowest BCUT2D eigenvalue weighted by Crippen LogP contribution is -2.30. The van der Waals surface area contributed by atoms with Crippen molar-refractivity contribution in [3.8, 4) is 11.5 Å². The van der Waals surface area contributed by atoms with Crippen LogP contribution in [-0.4, -0.2) is 37.0 Å². The minimum absolute atomic E-state index is 0.0829. The second-order valence-electron chi connectivity index (χ2n) is 5.75. The lowest BCUT2D eigenvalue weighted by Gasteiger charge is -2.12. The Labute approximate surface area is 169 Å². The van der Waals surface area contributed by atoms with E-state index in [2.05, 4.69) is 28.1 Å². The number of thiocarbonyl (C=S) groups is 1. The summed E-state index contributed by atoms with van der Waals surface area (Å²) in [5.74, 6) is 0.822. The van der Waals surface area contributed by atoms with Gasteiger partial charge in [-0.25, -0.2) is 0 Å². The van der Waals surface area contributed by atoms with E-state index in [0.29, 0.717) is 24.7 Å². The highest BCUT2D eigenvalue weighted by Crippen LogP contribution is 2.28. The van der Waals surface area contributed by atoms with E-state index in [4.69, 9.17) is 15.2 Å². The van der Waals surface area contributed by atoms with Crippen molar-refractivity contribution in [3.05, 3.63) is 59.7 Å². The lowest BCUT2D eigenvalue weighted by molar-refractivity contribution is -0.123. The fourth-order valence-electron chi connectivity index (χ4n) is 2.35. The standard InChI is InChI=1S/C20H24N4O3S/c1-2-26-18-12-16(13-23-24-20(21)28)8-9-17(18)27-14-19(25)22-11-10-15-6-4-3-5-7-15/h3-9,12-13H,2,10-11,14H2,1H3,(H,22,25)(H3,21,24,28). The van der Waals surface area contributed by atoms with Gasteiger partial charge >= 0.3 is 0 Å². The molecule has 0 radical (unpaired) electrons. The van der Waals surface area contributed by atoms with Crippen molar-refractivity contribution in [2.75, 3.05) is 19.8 Å². The Morgan fingerprint density at radius 3 is 2.68 bits per heavy atom. The molecule has 0 heterocycles. The van der Waals surface area contributed by atoms with Crippen molar-refractivity contribution in [1.29, 1.82) is 0 Å². The molecule has 0 fully saturated rings. The normalized spacial score (nSPS) is 10.5. The van der Waals surface area contributed by atoms with E-state index in [9.17, 15) is 4.79 Å². The van der Waals surface area contributed by atoms with Crippen molar-refractivity contribution in [3.63, 3.8) is 0 Å². The number of hydrazone groups is 1. The van der Waals surface area contributed by atoms with Crippen molar-refractivity contribution in [2.24, 2.45) is 10.8 Å². The predicted octanol–water partition coefficient (Wildman–Crippen LogP) is 1.99. The van der Waals surface area contributed by atoms with E-state index >= 15 is 0 Å². The van der Waals surface area contributed by atoms with Gasteiger partial charge in [0.15, 0.2) is 23.2 Å². The predicted molar refractivity (Wildman–Crippen MR) is 114 cm³/mol. The molecule has 0 unspecified atom stereocenters. The molecule has 0 saturated carbocycles. The molecule has 0 saturated heterocycles. The Bertz CT molecular complexity index is 812. The first-order valence-electron chi connectivity index (χ1n) is 8.87. The highest BCUT2D eigenvalue weighted by atomic mass is 32.1. The third-order valence-corrected chi connectivity index (χ3v) is 3.68. The van der Waals surface area contributed by atoms with Crippen molar-refractivity contribution in [1.82, 2.24) is 10.7 Å². The van der Waals surface area contributed by atoms with Gasteiger partial charge in [-0.15, -0.1) is 0 Å². The number of rotatable bonds is 10. The maximum Gasteiger partial charge on any atom is 0.257 e. The number of carbonyl (C=O) groups excluding carboxylic acids is 1. The molecule has 8 heteroatoms. The summed E-state index contributed by atoms with van der Waals surface area (Å²) < 4.78 is 11.2. The summed E-state index contributed by atoms with van der Waals surface area (Å²) in [5.41, 5.74) is 9.74. The Hall–Kier alpha value is -3.13. The van der Waals surface area contributed by atoms with Gasteiger partial charge in [-0.1, -0.05) is 30.3 Å². The molecule has 0 aliphatic rings. The SMILES string of the molecule is CCOc1cc(C=NNC(N)=S)ccc1OCC(=O)NCCc1ccccc1. The molecular formula is C20H24N4O3S. The minimum atomic E-state index is -0.190. The number of hydrogen-bond donors (Lipinski definition) is 3. The zero-order valence-electron chi connectivity index (χ0n) is 15.7. The van der Waals surface area contributed by atoms with E-state index in [1.54, 1.807) is 24.4 Å². The molecule has 28 heavy (non-hydrogen) atoms. The van der Waals surface area contributed by atoms with E-state index in [1.165, 1.54) is 5.56 Å². The Morgan fingerprint density at radius 1 is 1.18 bits per heavy atom. The van der Waals surface area contributed by atoms with Gasteiger partial charge in [-0.3, -0.25) is 10.2 Å². The van der Waals surface area contributed by atoms with E-state index in [0.717, 1.165) is 12.0 Å². The molecule has 0 atom stereocenters. The monoisotopic (exact) mass is 400 g/mol. The van der Waals surface area contributed by atoms with Gasteiger partial charge in [0, 0.05) is 6.54 Å². The van der Waals surface area contributed by atoms with Crippen LogP contribution >= 0.6 is 12.2 Å². The van der Waals surface area contributed by atoms with Crippen molar-refractivity contribution in [2.45, 2.75) is 13.3 Å². The van der Waals surface area contributed by atoms with Gasteiger partial charge < -0.3 is 20.5 Å². The van der Waals surface area contributed by atoms with Gasteiger partial charge in [0.2, 0.25) is 0 Å². The fraction of sp³-hybridized carbons (Fsp3) is 0.250. The Kier molecular flexibility index (Phi) is 8.74. The first-order valence-corrected chi connectivity index (χ1v) is 9.28. The van der Waals surface area contributed by atoms with E-state index in [-0.39, 0.29) is 17.6 Å². The van der Waals surface area contributed by atoms with E-state index in [1.807, 2.05) is 37.3 Å². The van der Waals surface area contributed by atoms with Gasteiger partial charge in [0.25, 0.3) is 5.91 Å². The van der Waals surface area contributed by atoms with Crippen LogP contribution in [0.5, 0.6) is 11.5 Å². The zero-order chi connectivity index (χ0) is 20.2. The lowest BCUT2D eigenvalue weighted by atomic mass is 10.1. The number of amides is 1. The van der Waals surface area contributed by atoms with Crippen LogP contribution in [0.2, 0.25) is 0 Å². The molecule has 7 nitrogen and oxygen atoms in total. The molecule has 148 valence electrons. The number of hydrogen-bond acceptors (Lipinski definition) is 5. The number of ether oxygens (including phenoxy) is 2. The third-order valence-electron chi connectivity index (χ3n) is 3.59. The maximum absolute atomic E-state index is 12.0. The fourth-order valence-corrected chi connectivity index (χ4v) is 2.40.